The van der Waals surface area contributed by atoms with Gasteiger partial charge in [-0.3, -0.25) is 0 Å². The normalized spacial score (nSPS) is 12.4. The number of para-hydroxylation sites is 1. The Bertz CT molecular complexity index is 551. The fraction of sp³-hybridized carbons (Fsp3) is 0.368. The number of anilines is 1. The first kappa shape index (κ1) is 15.9. The van der Waals surface area contributed by atoms with Gasteiger partial charge < -0.3 is 4.90 Å². The Morgan fingerprint density at radius 3 is 2.24 bits per heavy atom. The van der Waals surface area contributed by atoms with E-state index in [0.29, 0.717) is 5.92 Å². The molecule has 0 bridgehead atoms. The van der Waals surface area contributed by atoms with Crippen molar-refractivity contribution in [2.75, 3.05) is 18.5 Å². The lowest BCUT2D eigenvalue weighted by Crippen LogP contribution is -2.23. The largest absolute Gasteiger partial charge is 0.374 e. The van der Waals surface area contributed by atoms with Crippen molar-refractivity contribution in [3.05, 3.63) is 65.7 Å². The molecule has 0 saturated carbocycles. The highest BCUT2D eigenvalue weighted by Crippen LogP contribution is 2.29. The van der Waals surface area contributed by atoms with Crippen LogP contribution in [0.15, 0.2) is 54.6 Å². The highest BCUT2D eigenvalue weighted by atomic mass is 35.5. The molecule has 21 heavy (non-hydrogen) atoms. The number of halogens is 1. The Morgan fingerprint density at radius 1 is 0.952 bits per heavy atom. The molecule has 0 radical (unpaired) electrons. The van der Waals surface area contributed by atoms with E-state index in [-0.39, 0.29) is 5.38 Å². The van der Waals surface area contributed by atoms with Gasteiger partial charge in [0.05, 0.1) is 5.38 Å². The fourth-order valence-electron chi connectivity index (χ4n) is 2.67. The second-order valence-corrected chi connectivity index (χ2v) is 6.51. The average Bonchev–Trinajstić information content (AvgIpc) is 2.48. The minimum absolute atomic E-state index is 0.0137. The van der Waals surface area contributed by atoms with Gasteiger partial charge in [-0.1, -0.05) is 62.4 Å². The molecule has 1 unspecified atom stereocenters. The molecule has 0 aliphatic heterocycles. The average molecular weight is 302 g/mol. The van der Waals surface area contributed by atoms with Gasteiger partial charge in [0.1, 0.15) is 0 Å². The van der Waals surface area contributed by atoms with Crippen LogP contribution in [0.1, 0.15) is 30.4 Å². The maximum absolute atomic E-state index is 6.60. The lowest BCUT2D eigenvalue weighted by atomic mass is 10.0. The number of benzene rings is 2. The SMILES string of the molecule is CC(C)CN(C)c1ccccc1CC(Cl)c1ccccc1. The van der Waals surface area contributed by atoms with Crippen LogP contribution in [0.2, 0.25) is 0 Å². The third kappa shape index (κ3) is 4.50. The molecule has 2 rings (SSSR count). The predicted octanol–water partition coefficient (Wildman–Crippen LogP) is 5.30. The van der Waals surface area contributed by atoms with Crippen molar-refractivity contribution in [1.82, 2.24) is 0 Å². The van der Waals surface area contributed by atoms with Gasteiger partial charge in [-0.2, -0.15) is 0 Å². The predicted molar refractivity (Wildman–Crippen MR) is 93.3 cm³/mol. The van der Waals surface area contributed by atoms with Crippen LogP contribution in [0.4, 0.5) is 5.69 Å². The van der Waals surface area contributed by atoms with Crippen molar-refractivity contribution in [2.45, 2.75) is 25.6 Å². The van der Waals surface area contributed by atoms with E-state index < -0.39 is 0 Å². The maximum Gasteiger partial charge on any atom is 0.0626 e. The van der Waals surface area contributed by atoms with Gasteiger partial charge in [0, 0.05) is 19.3 Å². The van der Waals surface area contributed by atoms with Gasteiger partial charge in [0.15, 0.2) is 0 Å². The lowest BCUT2D eigenvalue weighted by Gasteiger charge is -2.25. The van der Waals surface area contributed by atoms with Gasteiger partial charge in [0.2, 0.25) is 0 Å². The molecule has 0 aliphatic rings. The van der Waals surface area contributed by atoms with Gasteiger partial charge in [-0.15, -0.1) is 11.6 Å². The minimum atomic E-state index is 0.0137. The summed E-state index contributed by atoms with van der Waals surface area (Å²) in [7, 11) is 2.16. The summed E-state index contributed by atoms with van der Waals surface area (Å²) in [5, 5.41) is 0.0137. The smallest absolute Gasteiger partial charge is 0.0626 e. The lowest BCUT2D eigenvalue weighted by molar-refractivity contribution is 0.637. The minimum Gasteiger partial charge on any atom is -0.374 e. The van der Waals surface area contributed by atoms with Crippen molar-refractivity contribution in [2.24, 2.45) is 5.92 Å². The molecule has 2 heteroatoms. The van der Waals surface area contributed by atoms with Crippen LogP contribution >= 0.6 is 11.6 Å². The van der Waals surface area contributed by atoms with Gasteiger partial charge in [0.25, 0.3) is 0 Å². The summed E-state index contributed by atoms with van der Waals surface area (Å²) >= 11 is 6.60. The second kappa shape index (κ2) is 7.51. The molecule has 0 aliphatic carbocycles. The molecule has 112 valence electrons. The molecule has 0 aromatic heterocycles. The molecule has 2 aromatic carbocycles. The summed E-state index contributed by atoms with van der Waals surface area (Å²) in [6.07, 6.45) is 0.851. The molecule has 1 atom stereocenters. The maximum atomic E-state index is 6.60. The van der Waals surface area contributed by atoms with Crippen molar-refractivity contribution >= 4 is 17.3 Å². The molecule has 0 heterocycles. The molecule has 0 N–H and O–H groups in total. The van der Waals surface area contributed by atoms with E-state index in [4.69, 9.17) is 11.6 Å². The zero-order chi connectivity index (χ0) is 15.2. The van der Waals surface area contributed by atoms with Crippen LogP contribution < -0.4 is 4.90 Å². The summed E-state index contributed by atoms with van der Waals surface area (Å²) < 4.78 is 0. The molecule has 0 spiro atoms. The Balaban J connectivity index is 2.17. The summed E-state index contributed by atoms with van der Waals surface area (Å²) in [4.78, 5) is 2.33. The monoisotopic (exact) mass is 301 g/mol. The van der Waals surface area contributed by atoms with E-state index in [1.165, 1.54) is 16.8 Å². The Kier molecular flexibility index (Phi) is 5.69. The first-order valence-electron chi connectivity index (χ1n) is 7.56. The topological polar surface area (TPSA) is 3.24 Å². The highest BCUT2D eigenvalue weighted by Gasteiger charge is 2.13. The Hall–Kier alpha value is -1.47. The van der Waals surface area contributed by atoms with Gasteiger partial charge >= 0.3 is 0 Å². The standard InChI is InChI=1S/C19H24ClN/c1-15(2)14-21(3)19-12-8-7-11-17(19)13-18(20)16-9-5-4-6-10-16/h4-12,15,18H,13-14H2,1-3H3. The molecular weight excluding hydrogens is 278 g/mol. The molecule has 1 nitrogen and oxygen atoms in total. The zero-order valence-corrected chi connectivity index (χ0v) is 13.8. The first-order valence-corrected chi connectivity index (χ1v) is 7.99. The Morgan fingerprint density at radius 2 is 1.57 bits per heavy atom. The molecule has 2 aromatic rings. The summed E-state index contributed by atoms with van der Waals surface area (Å²) in [5.74, 6) is 0.643. The van der Waals surface area contributed by atoms with Crippen LogP contribution in [-0.2, 0) is 6.42 Å². The van der Waals surface area contributed by atoms with E-state index in [9.17, 15) is 0 Å². The summed E-state index contributed by atoms with van der Waals surface area (Å²) in [6.45, 7) is 5.54. The highest BCUT2D eigenvalue weighted by molar-refractivity contribution is 6.21. The second-order valence-electron chi connectivity index (χ2n) is 5.99. The number of alkyl halides is 1. The van der Waals surface area contributed by atoms with Crippen molar-refractivity contribution in [3.8, 4) is 0 Å². The van der Waals surface area contributed by atoms with E-state index in [2.05, 4.69) is 62.2 Å². The number of hydrogen-bond acceptors (Lipinski definition) is 1. The van der Waals surface area contributed by atoms with Crippen molar-refractivity contribution in [1.29, 1.82) is 0 Å². The van der Waals surface area contributed by atoms with Gasteiger partial charge in [-0.05, 0) is 29.5 Å². The molecule has 0 fully saturated rings. The van der Waals surface area contributed by atoms with E-state index >= 15 is 0 Å². The van der Waals surface area contributed by atoms with E-state index in [1.54, 1.807) is 0 Å². The summed E-state index contributed by atoms with van der Waals surface area (Å²) in [6, 6.07) is 18.9. The van der Waals surface area contributed by atoms with Crippen LogP contribution in [0, 0.1) is 5.92 Å². The number of rotatable bonds is 6. The van der Waals surface area contributed by atoms with Gasteiger partial charge in [-0.25, -0.2) is 0 Å². The van der Waals surface area contributed by atoms with E-state index in [0.717, 1.165) is 13.0 Å². The Labute approximate surface area is 133 Å². The molecule has 0 saturated heterocycles. The van der Waals surface area contributed by atoms with Crippen LogP contribution in [-0.4, -0.2) is 13.6 Å². The zero-order valence-electron chi connectivity index (χ0n) is 13.1. The molecule has 0 amide bonds. The third-order valence-electron chi connectivity index (χ3n) is 3.60. The van der Waals surface area contributed by atoms with Crippen LogP contribution in [0.3, 0.4) is 0 Å². The first-order chi connectivity index (χ1) is 10.1. The van der Waals surface area contributed by atoms with Crippen LogP contribution in [0.25, 0.3) is 0 Å². The number of nitrogens with zero attached hydrogens (tertiary/aromatic N) is 1. The number of hydrogen-bond donors (Lipinski definition) is 0. The summed E-state index contributed by atoms with van der Waals surface area (Å²) in [5.41, 5.74) is 3.78. The van der Waals surface area contributed by atoms with Crippen LogP contribution in [0.5, 0.6) is 0 Å². The third-order valence-corrected chi connectivity index (χ3v) is 4.01. The van der Waals surface area contributed by atoms with E-state index in [1.807, 2.05) is 18.2 Å². The van der Waals surface area contributed by atoms with Crippen molar-refractivity contribution < 1.29 is 0 Å². The molecular formula is C19H24ClN. The van der Waals surface area contributed by atoms with Crippen molar-refractivity contribution in [3.63, 3.8) is 0 Å². The quantitative estimate of drug-likeness (QED) is 0.654. The fourth-order valence-corrected chi connectivity index (χ4v) is 2.99.